The van der Waals surface area contributed by atoms with Gasteiger partial charge in [0.15, 0.2) is 0 Å². The summed E-state index contributed by atoms with van der Waals surface area (Å²) in [6.45, 7) is -1.02. The summed E-state index contributed by atoms with van der Waals surface area (Å²) in [4.78, 5) is 8.79. The Hall–Kier alpha value is -2.28. The van der Waals surface area contributed by atoms with Crippen molar-refractivity contribution in [2.75, 3.05) is 11.4 Å². The molecule has 36 heavy (non-hydrogen) atoms. The summed E-state index contributed by atoms with van der Waals surface area (Å²) in [5.74, 6) is -0.00319. The Morgan fingerprint density at radius 1 is 1.08 bits per heavy atom. The predicted octanol–water partition coefficient (Wildman–Crippen LogP) is 5.15. The number of aromatic amines is 1. The summed E-state index contributed by atoms with van der Waals surface area (Å²) in [5, 5.41) is 0. The first-order valence-corrected chi connectivity index (χ1v) is 13.3. The van der Waals surface area contributed by atoms with Crippen molar-refractivity contribution in [1.82, 2.24) is 14.3 Å². The summed E-state index contributed by atoms with van der Waals surface area (Å²) in [6.07, 6.45) is 1.54. The standard InChI is InChI=1S/C23H24F6N4O2S/c24-22(25,26)17-3-4-18-16(20(17)14-1-2-14)10-32(36(34,35)23(27,28)29)11-19(21-5-13(6-21)7-21)33(18)9-15-8-30-12-31-15/h3-4,8,12-14,19H,1-2,5-7,9-11H2,(H,30,31)/t13?,19-,21?/m0/s1. The van der Waals surface area contributed by atoms with Gasteiger partial charge in [-0.1, -0.05) is 0 Å². The van der Waals surface area contributed by atoms with Crippen molar-refractivity contribution in [3.63, 3.8) is 0 Å². The molecule has 2 bridgehead atoms. The molecule has 5 aliphatic rings. The van der Waals surface area contributed by atoms with Crippen LogP contribution < -0.4 is 4.90 Å². The summed E-state index contributed by atoms with van der Waals surface area (Å²) in [5.41, 5.74) is -5.88. The van der Waals surface area contributed by atoms with Gasteiger partial charge in [-0.2, -0.15) is 30.6 Å². The molecule has 0 spiro atoms. The predicted molar refractivity (Wildman–Crippen MR) is 117 cm³/mol. The molecule has 4 saturated carbocycles. The summed E-state index contributed by atoms with van der Waals surface area (Å²) in [7, 11) is -5.78. The molecule has 1 aliphatic heterocycles. The Morgan fingerprint density at radius 3 is 2.28 bits per heavy atom. The van der Waals surface area contributed by atoms with E-state index >= 15 is 0 Å². The smallest absolute Gasteiger partial charge is 0.361 e. The molecule has 4 fully saturated rings. The number of halogens is 6. The lowest BCUT2D eigenvalue weighted by atomic mass is 9.41. The summed E-state index contributed by atoms with van der Waals surface area (Å²) in [6, 6.07) is 1.69. The lowest BCUT2D eigenvalue weighted by Crippen LogP contribution is -2.66. The first-order valence-electron chi connectivity index (χ1n) is 11.8. The van der Waals surface area contributed by atoms with Crippen molar-refractivity contribution < 1.29 is 34.8 Å². The minimum Gasteiger partial charge on any atom is -0.361 e. The molecule has 6 nitrogen and oxygen atoms in total. The first kappa shape index (κ1) is 24.1. The Morgan fingerprint density at radius 2 is 1.78 bits per heavy atom. The van der Waals surface area contributed by atoms with E-state index in [4.69, 9.17) is 0 Å². The highest BCUT2D eigenvalue weighted by molar-refractivity contribution is 7.89. The van der Waals surface area contributed by atoms with Gasteiger partial charge >= 0.3 is 21.7 Å². The molecule has 4 aliphatic carbocycles. The molecule has 1 atom stereocenters. The molecule has 1 N–H and O–H groups in total. The van der Waals surface area contributed by atoms with Gasteiger partial charge in [-0.3, -0.25) is 0 Å². The monoisotopic (exact) mass is 534 g/mol. The van der Waals surface area contributed by atoms with Crippen molar-refractivity contribution >= 4 is 15.7 Å². The zero-order chi connectivity index (χ0) is 25.7. The van der Waals surface area contributed by atoms with E-state index in [0.29, 0.717) is 34.4 Å². The van der Waals surface area contributed by atoms with E-state index in [1.54, 1.807) is 6.20 Å². The van der Waals surface area contributed by atoms with Crippen molar-refractivity contribution in [3.05, 3.63) is 47.0 Å². The third-order valence-electron chi connectivity index (χ3n) is 8.34. The number of sulfonamides is 1. The van der Waals surface area contributed by atoms with E-state index in [1.165, 1.54) is 12.4 Å². The lowest BCUT2D eigenvalue weighted by molar-refractivity contribution is -0.138. The van der Waals surface area contributed by atoms with Crippen molar-refractivity contribution in [2.45, 2.75) is 68.8 Å². The molecular formula is C23H24F6N4O2S. The van der Waals surface area contributed by atoms with Crippen LogP contribution >= 0.6 is 0 Å². The Labute approximate surface area is 203 Å². The van der Waals surface area contributed by atoms with Crippen molar-refractivity contribution in [2.24, 2.45) is 11.3 Å². The number of imidazole rings is 1. The van der Waals surface area contributed by atoms with Crippen LogP contribution in [0.3, 0.4) is 0 Å². The fourth-order valence-corrected chi connectivity index (χ4v) is 7.36. The third-order valence-corrected chi connectivity index (χ3v) is 9.88. The van der Waals surface area contributed by atoms with E-state index in [1.807, 2.05) is 4.90 Å². The van der Waals surface area contributed by atoms with Gasteiger partial charge in [0.25, 0.3) is 0 Å². The van der Waals surface area contributed by atoms with Gasteiger partial charge in [-0.05, 0) is 72.6 Å². The van der Waals surface area contributed by atoms with Crippen LogP contribution in [0.15, 0.2) is 24.7 Å². The molecule has 1 aromatic heterocycles. The van der Waals surface area contributed by atoms with E-state index in [9.17, 15) is 34.8 Å². The maximum Gasteiger partial charge on any atom is 0.511 e. The van der Waals surface area contributed by atoms with Gasteiger partial charge in [-0.15, -0.1) is 0 Å². The fraction of sp³-hybridized carbons (Fsp3) is 0.609. The minimum atomic E-state index is -5.78. The number of H-pyrrole nitrogens is 1. The molecule has 13 heteroatoms. The number of benzene rings is 1. The van der Waals surface area contributed by atoms with Crippen LogP contribution in [0.4, 0.5) is 32.0 Å². The van der Waals surface area contributed by atoms with Crippen molar-refractivity contribution in [3.8, 4) is 0 Å². The van der Waals surface area contributed by atoms with Crippen LogP contribution in [0.1, 0.15) is 60.4 Å². The van der Waals surface area contributed by atoms with Crippen LogP contribution in [0.25, 0.3) is 0 Å². The lowest BCUT2D eigenvalue weighted by Gasteiger charge is -2.67. The molecule has 0 saturated heterocycles. The first-order chi connectivity index (χ1) is 16.8. The molecule has 1 aromatic carbocycles. The van der Waals surface area contributed by atoms with Gasteiger partial charge in [0.2, 0.25) is 0 Å². The quantitative estimate of drug-likeness (QED) is 0.539. The van der Waals surface area contributed by atoms with Crippen LogP contribution in [0.5, 0.6) is 0 Å². The number of fused-ring (bicyclic) bond motifs is 1. The van der Waals surface area contributed by atoms with Gasteiger partial charge in [0, 0.05) is 31.0 Å². The fourth-order valence-electron chi connectivity index (χ4n) is 6.43. The van der Waals surface area contributed by atoms with Gasteiger partial charge in [-0.25, -0.2) is 13.4 Å². The van der Waals surface area contributed by atoms with Crippen molar-refractivity contribution in [1.29, 1.82) is 0 Å². The van der Waals surface area contributed by atoms with Crippen LogP contribution in [0, 0.1) is 11.3 Å². The number of hydrogen-bond donors (Lipinski definition) is 1. The molecule has 0 amide bonds. The molecule has 2 heterocycles. The molecular weight excluding hydrogens is 510 g/mol. The zero-order valence-corrected chi connectivity index (χ0v) is 19.8. The summed E-state index contributed by atoms with van der Waals surface area (Å²) >= 11 is 0. The number of aromatic nitrogens is 2. The zero-order valence-electron chi connectivity index (χ0n) is 19.0. The Kier molecular flexibility index (Phi) is 5.10. The maximum atomic E-state index is 14.0. The summed E-state index contributed by atoms with van der Waals surface area (Å²) < 4.78 is 109. The molecule has 2 aromatic rings. The van der Waals surface area contributed by atoms with E-state index in [2.05, 4.69) is 9.97 Å². The Bertz CT molecular complexity index is 1270. The largest absolute Gasteiger partial charge is 0.511 e. The third kappa shape index (κ3) is 3.64. The second kappa shape index (κ2) is 7.62. The number of anilines is 1. The van der Waals surface area contributed by atoms with E-state index in [-0.39, 0.29) is 23.1 Å². The van der Waals surface area contributed by atoms with Gasteiger partial charge in [0.1, 0.15) is 0 Å². The average Bonchev–Trinajstić information content (AvgIpc) is 3.44. The molecule has 7 rings (SSSR count). The van der Waals surface area contributed by atoms with Crippen LogP contribution in [-0.4, -0.2) is 40.8 Å². The highest BCUT2D eigenvalue weighted by Crippen LogP contribution is 2.68. The van der Waals surface area contributed by atoms with Crippen LogP contribution in [-0.2, 0) is 29.3 Å². The van der Waals surface area contributed by atoms with Gasteiger partial charge in [0.05, 0.1) is 24.1 Å². The maximum absolute atomic E-state index is 14.0. The number of hydrogen-bond acceptors (Lipinski definition) is 4. The molecule has 196 valence electrons. The number of alkyl halides is 6. The average molecular weight is 535 g/mol. The number of rotatable bonds is 5. The van der Waals surface area contributed by atoms with Crippen LogP contribution in [0.2, 0.25) is 0 Å². The topological polar surface area (TPSA) is 69.3 Å². The Balaban J connectivity index is 1.56. The second-order valence-corrected chi connectivity index (χ2v) is 12.5. The highest BCUT2D eigenvalue weighted by atomic mass is 32.2. The normalized spacial score (nSPS) is 28.8. The molecule has 0 radical (unpaired) electrons. The van der Waals surface area contributed by atoms with Gasteiger partial charge < -0.3 is 9.88 Å². The highest BCUT2D eigenvalue weighted by Gasteiger charge is 2.64. The van der Waals surface area contributed by atoms with E-state index in [0.717, 1.165) is 25.3 Å². The number of nitrogens with one attached hydrogen (secondary N) is 1. The minimum absolute atomic E-state index is 0.0220. The van der Waals surface area contributed by atoms with E-state index < -0.39 is 52.3 Å². The second-order valence-electron chi connectivity index (χ2n) is 10.6. The number of nitrogens with zero attached hydrogens (tertiary/aromatic N) is 3. The molecule has 0 unspecified atom stereocenters. The SMILES string of the molecule is O=S(=O)(N1Cc2c(ccc(C(F)(F)F)c2C2CC2)N(Cc2cnc[nH]2)[C@H](C23CC(C2)C3)C1)C(F)(F)F.